The Morgan fingerprint density at radius 3 is 2.75 bits per heavy atom. The van der Waals surface area contributed by atoms with Gasteiger partial charge in [0.15, 0.2) is 5.82 Å². The SMILES string of the molecule is COCC(C)(N)c1noc(C)n1. The number of nitrogens with zero attached hydrogens (tertiary/aromatic N) is 2. The number of hydrogen-bond donors (Lipinski definition) is 1. The van der Waals surface area contributed by atoms with E-state index in [1.807, 2.05) is 0 Å². The number of hydrogen-bond acceptors (Lipinski definition) is 5. The quantitative estimate of drug-likeness (QED) is 0.703. The summed E-state index contributed by atoms with van der Waals surface area (Å²) in [6, 6.07) is 0. The fraction of sp³-hybridized carbons (Fsp3) is 0.714. The van der Waals surface area contributed by atoms with E-state index in [0.717, 1.165) is 0 Å². The van der Waals surface area contributed by atoms with Gasteiger partial charge in [-0.1, -0.05) is 5.16 Å². The van der Waals surface area contributed by atoms with Gasteiger partial charge in [-0.15, -0.1) is 0 Å². The first kappa shape index (κ1) is 9.15. The van der Waals surface area contributed by atoms with E-state index in [9.17, 15) is 0 Å². The molecule has 5 nitrogen and oxygen atoms in total. The van der Waals surface area contributed by atoms with Crippen molar-refractivity contribution < 1.29 is 9.26 Å². The number of methoxy groups -OCH3 is 1. The Morgan fingerprint density at radius 2 is 2.33 bits per heavy atom. The molecule has 0 fully saturated rings. The van der Waals surface area contributed by atoms with Crippen LogP contribution >= 0.6 is 0 Å². The molecule has 2 N–H and O–H groups in total. The van der Waals surface area contributed by atoms with Crippen molar-refractivity contribution in [1.82, 2.24) is 10.1 Å². The molecule has 0 spiro atoms. The molecule has 0 amide bonds. The Bertz CT molecular complexity index is 257. The Labute approximate surface area is 70.9 Å². The van der Waals surface area contributed by atoms with E-state index in [0.29, 0.717) is 18.3 Å². The zero-order valence-corrected chi connectivity index (χ0v) is 7.50. The highest BCUT2D eigenvalue weighted by Gasteiger charge is 2.26. The molecule has 0 saturated heterocycles. The first-order valence-corrected chi connectivity index (χ1v) is 3.65. The summed E-state index contributed by atoms with van der Waals surface area (Å²) in [5.41, 5.74) is 5.18. The molecule has 1 rings (SSSR count). The molecule has 68 valence electrons. The van der Waals surface area contributed by atoms with Gasteiger partial charge in [-0.25, -0.2) is 0 Å². The zero-order chi connectivity index (χ0) is 9.19. The van der Waals surface area contributed by atoms with Gasteiger partial charge in [0.1, 0.15) is 5.54 Å². The van der Waals surface area contributed by atoms with Gasteiger partial charge in [0.2, 0.25) is 5.89 Å². The highest BCUT2D eigenvalue weighted by atomic mass is 16.5. The minimum Gasteiger partial charge on any atom is -0.382 e. The Kier molecular flexibility index (Phi) is 2.44. The number of ether oxygens (including phenoxy) is 1. The topological polar surface area (TPSA) is 74.2 Å². The minimum absolute atomic E-state index is 0.367. The van der Waals surface area contributed by atoms with Crippen molar-refractivity contribution in [2.45, 2.75) is 19.4 Å². The average Bonchev–Trinajstić information content (AvgIpc) is 2.36. The van der Waals surface area contributed by atoms with E-state index in [1.165, 1.54) is 0 Å². The lowest BCUT2D eigenvalue weighted by molar-refractivity contribution is 0.135. The number of aromatic nitrogens is 2. The third kappa shape index (κ3) is 1.80. The van der Waals surface area contributed by atoms with Crippen LogP contribution in [0.5, 0.6) is 0 Å². The first-order chi connectivity index (χ1) is 5.56. The normalized spacial score (nSPS) is 16.0. The third-order valence-electron chi connectivity index (χ3n) is 1.48. The predicted octanol–water partition coefficient (Wildman–Crippen LogP) is 0.198. The van der Waals surface area contributed by atoms with Crippen molar-refractivity contribution in [3.8, 4) is 0 Å². The molecule has 0 aliphatic rings. The van der Waals surface area contributed by atoms with Gasteiger partial charge in [-0.3, -0.25) is 0 Å². The molecule has 1 aromatic heterocycles. The van der Waals surface area contributed by atoms with Crippen LogP contribution in [0.3, 0.4) is 0 Å². The summed E-state index contributed by atoms with van der Waals surface area (Å²) in [5.74, 6) is 0.986. The Hall–Kier alpha value is -0.940. The summed E-state index contributed by atoms with van der Waals surface area (Å²) in [4.78, 5) is 4.02. The second-order valence-corrected chi connectivity index (χ2v) is 2.99. The van der Waals surface area contributed by atoms with Crippen LogP contribution in [-0.2, 0) is 10.3 Å². The molecule has 1 heterocycles. The monoisotopic (exact) mass is 171 g/mol. The molecule has 12 heavy (non-hydrogen) atoms. The van der Waals surface area contributed by atoms with Crippen LogP contribution < -0.4 is 5.73 Å². The van der Waals surface area contributed by atoms with Crippen molar-refractivity contribution in [2.24, 2.45) is 5.73 Å². The van der Waals surface area contributed by atoms with E-state index in [1.54, 1.807) is 21.0 Å². The van der Waals surface area contributed by atoms with Crippen LogP contribution in [-0.4, -0.2) is 23.9 Å². The molecule has 0 radical (unpaired) electrons. The second kappa shape index (κ2) is 3.20. The number of rotatable bonds is 3. The molecular formula is C7H13N3O2. The maximum absolute atomic E-state index is 5.85. The van der Waals surface area contributed by atoms with E-state index in [4.69, 9.17) is 15.0 Å². The maximum atomic E-state index is 5.85. The zero-order valence-electron chi connectivity index (χ0n) is 7.50. The fourth-order valence-electron chi connectivity index (χ4n) is 0.896. The van der Waals surface area contributed by atoms with Crippen LogP contribution in [0.1, 0.15) is 18.6 Å². The third-order valence-corrected chi connectivity index (χ3v) is 1.48. The standard InChI is InChI=1S/C7H13N3O2/c1-5-9-6(10-12-5)7(2,8)4-11-3/h4,8H2,1-3H3. The van der Waals surface area contributed by atoms with Gasteiger partial charge < -0.3 is 15.0 Å². The predicted molar refractivity (Wildman–Crippen MR) is 42.5 cm³/mol. The highest BCUT2D eigenvalue weighted by Crippen LogP contribution is 2.13. The van der Waals surface area contributed by atoms with Crippen molar-refractivity contribution in [2.75, 3.05) is 13.7 Å². The summed E-state index contributed by atoms with van der Waals surface area (Å²) in [5, 5.41) is 3.71. The van der Waals surface area contributed by atoms with Gasteiger partial charge in [0.25, 0.3) is 0 Å². The first-order valence-electron chi connectivity index (χ1n) is 3.65. The van der Waals surface area contributed by atoms with Crippen LogP contribution in [0.2, 0.25) is 0 Å². The molecule has 0 aliphatic carbocycles. The van der Waals surface area contributed by atoms with E-state index in [2.05, 4.69) is 10.1 Å². The maximum Gasteiger partial charge on any atom is 0.223 e. The lowest BCUT2D eigenvalue weighted by atomic mass is 10.1. The molecular weight excluding hydrogens is 158 g/mol. The highest BCUT2D eigenvalue weighted by molar-refractivity contribution is 5.00. The fourth-order valence-corrected chi connectivity index (χ4v) is 0.896. The van der Waals surface area contributed by atoms with Crippen molar-refractivity contribution in [1.29, 1.82) is 0 Å². The van der Waals surface area contributed by atoms with Gasteiger partial charge in [-0.05, 0) is 6.92 Å². The van der Waals surface area contributed by atoms with Crippen LogP contribution in [0.4, 0.5) is 0 Å². The van der Waals surface area contributed by atoms with Crippen molar-refractivity contribution in [3.63, 3.8) is 0 Å². The van der Waals surface area contributed by atoms with Crippen LogP contribution in [0.25, 0.3) is 0 Å². The van der Waals surface area contributed by atoms with E-state index < -0.39 is 5.54 Å². The molecule has 1 aromatic rings. The lowest BCUT2D eigenvalue weighted by Gasteiger charge is -2.18. The summed E-state index contributed by atoms with van der Waals surface area (Å²) >= 11 is 0. The molecule has 1 atom stereocenters. The number of aryl methyl sites for hydroxylation is 1. The second-order valence-electron chi connectivity index (χ2n) is 2.99. The van der Waals surface area contributed by atoms with Gasteiger partial charge in [0, 0.05) is 14.0 Å². The molecule has 5 heteroatoms. The van der Waals surface area contributed by atoms with Crippen molar-refractivity contribution in [3.05, 3.63) is 11.7 Å². The summed E-state index contributed by atoms with van der Waals surface area (Å²) < 4.78 is 9.72. The van der Waals surface area contributed by atoms with Gasteiger partial charge in [0.05, 0.1) is 6.61 Å². The van der Waals surface area contributed by atoms with Gasteiger partial charge >= 0.3 is 0 Å². The molecule has 1 unspecified atom stereocenters. The molecule has 0 saturated carbocycles. The number of nitrogens with two attached hydrogens (primary N) is 1. The lowest BCUT2D eigenvalue weighted by Crippen LogP contribution is -2.38. The average molecular weight is 171 g/mol. The molecule has 0 bridgehead atoms. The van der Waals surface area contributed by atoms with Gasteiger partial charge in [-0.2, -0.15) is 4.98 Å². The molecule has 0 aromatic carbocycles. The minimum atomic E-state index is -0.674. The summed E-state index contributed by atoms with van der Waals surface area (Å²) in [7, 11) is 1.58. The van der Waals surface area contributed by atoms with Crippen molar-refractivity contribution >= 4 is 0 Å². The Balaban J connectivity index is 2.81. The van der Waals surface area contributed by atoms with Crippen LogP contribution in [0.15, 0.2) is 4.52 Å². The van der Waals surface area contributed by atoms with E-state index >= 15 is 0 Å². The smallest absolute Gasteiger partial charge is 0.223 e. The summed E-state index contributed by atoms with van der Waals surface area (Å²) in [6.45, 7) is 3.88. The Morgan fingerprint density at radius 1 is 1.67 bits per heavy atom. The summed E-state index contributed by atoms with van der Waals surface area (Å²) in [6.07, 6.45) is 0. The molecule has 0 aliphatic heterocycles. The largest absolute Gasteiger partial charge is 0.382 e. The van der Waals surface area contributed by atoms with Crippen LogP contribution in [0, 0.1) is 6.92 Å². The van der Waals surface area contributed by atoms with E-state index in [-0.39, 0.29) is 0 Å².